The van der Waals surface area contributed by atoms with Gasteiger partial charge in [-0.2, -0.15) is 0 Å². The van der Waals surface area contributed by atoms with E-state index in [4.69, 9.17) is 10.8 Å². The highest BCUT2D eigenvalue weighted by molar-refractivity contribution is 5.94. The number of hydrogen-bond acceptors (Lipinski definition) is 3. The molecule has 4 nitrogen and oxygen atoms in total. The van der Waals surface area contributed by atoms with Gasteiger partial charge in [0.15, 0.2) is 0 Å². The van der Waals surface area contributed by atoms with Gasteiger partial charge >= 0.3 is 5.97 Å². The summed E-state index contributed by atoms with van der Waals surface area (Å²) in [6.07, 6.45) is 7.61. The average Bonchev–Trinajstić information content (AvgIpc) is 2.66. The van der Waals surface area contributed by atoms with Crippen LogP contribution < -0.4 is 10.6 Å². The second-order valence-corrected chi connectivity index (χ2v) is 5.33. The fraction of sp³-hybridized carbons (Fsp3) is 0.533. The maximum Gasteiger partial charge on any atom is 0.337 e. The topological polar surface area (TPSA) is 66.6 Å². The predicted molar refractivity (Wildman–Crippen MR) is 77.7 cm³/mol. The van der Waals surface area contributed by atoms with Gasteiger partial charge in [-0.1, -0.05) is 25.7 Å². The van der Waals surface area contributed by atoms with Gasteiger partial charge in [-0.05, 0) is 31.0 Å². The molecule has 0 atom stereocenters. The molecule has 1 aliphatic carbocycles. The number of aromatic carboxylic acids is 1. The van der Waals surface area contributed by atoms with Crippen LogP contribution in [0.25, 0.3) is 0 Å². The van der Waals surface area contributed by atoms with E-state index in [2.05, 4.69) is 11.9 Å². The van der Waals surface area contributed by atoms with E-state index in [9.17, 15) is 4.79 Å². The molecule has 0 aromatic heterocycles. The van der Waals surface area contributed by atoms with Crippen LogP contribution in [0.5, 0.6) is 0 Å². The van der Waals surface area contributed by atoms with Crippen molar-refractivity contribution in [2.45, 2.75) is 44.6 Å². The first-order chi connectivity index (χ1) is 9.09. The van der Waals surface area contributed by atoms with E-state index < -0.39 is 5.97 Å². The number of carboxylic acids is 1. The lowest BCUT2D eigenvalue weighted by molar-refractivity contribution is 0.0698. The third-order valence-electron chi connectivity index (χ3n) is 4.05. The maximum atomic E-state index is 11.0. The summed E-state index contributed by atoms with van der Waals surface area (Å²) in [5, 5.41) is 8.99. The van der Waals surface area contributed by atoms with Crippen LogP contribution in [-0.4, -0.2) is 24.2 Å². The Morgan fingerprint density at radius 2 is 1.89 bits per heavy atom. The van der Waals surface area contributed by atoms with Crippen molar-refractivity contribution < 1.29 is 9.90 Å². The van der Waals surface area contributed by atoms with Crippen molar-refractivity contribution in [2.24, 2.45) is 0 Å². The SMILES string of the molecule is CN(c1ccc(C(=O)O)c(N)c1)C1CCCCCC1. The quantitative estimate of drug-likeness (QED) is 0.648. The number of rotatable bonds is 3. The van der Waals surface area contributed by atoms with E-state index in [1.807, 2.05) is 6.07 Å². The summed E-state index contributed by atoms with van der Waals surface area (Å²) < 4.78 is 0. The van der Waals surface area contributed by atoms with Gasteiger partial charge in [0.2, 0.25) is 0 Å². The molecule has 0 heterocycles. The summed E-state index contributed by atoms with van der Waals surface area (Å²) in [4.78, 5) is 13.2. The fourth-order valence-corrected chi connectivity index (χ4v) is 2.82. The van der Waals surface area contributed by atoms with E-state index in [0.717, 1.165) is 5.69 Å². The molecule has 2 rings (SSSR count). The van der Waals surface area contributed by atoms with Crippen molar-refractivity contribution in [3.05, 3.63) is 23.8 Å². The second kappa shape index (κ2) is 5.95. The smallest absolute Gasteiger partial charge is 0.337 e. The van der Waals surface area contributed by atoms with E-state index >= 15 is 0 Å². The molecule has 1 saturated carbocycles. The Morgan fingerprint density at radius 3 is 2.42 bits per heavy atom. The predicted octanol–water partition coefficient (Wildman–Crippen LogP) is 3.13. The number of carbonyl (C=O) groups is 1. The number of nitrogen functional groups attached to an aromatic ring is 1. The van der Waals surface area contributed by atoms with Crippen molar-refractivity contribution >= 4 is 17.3 Å². The molecule has 1 aromatic carbocycles. The molecule has 3 N–H and O–H groups in total. The van der Waals surface area contributed by atoms with Crippen molar-refractivity contribution in [3.63, 3.8) is 0 Å². The molecule has 1 fully saturated rings. The fourth-order valence-electron chi connectivity index (χ4n) is 2.82. The van der Waals surface area contributed by atoms with Crippen LogP contribution in [0, 0.1) is 0 Å². The standard InChI is InChI=1S/C15H22N2O2/c1-17(11-6-4-2-3-5-7-11)12-8-9-13(15(18)19)14(16)10-12/h8-11H,2-7,16H2,1H3,(H,18,19). The molecule has 0 bridgehead atoms. The van der Waals surface area contributed by atoms with Crippen LogP contribution in [0.3, 0.4) is 0 Å². The third kappa shape index (κ3) is 3.19. The van der Waals surface area contributed by atoms with Crippen LogP contribution >= 0.6 is 0 Å². The molecular formula is C15H22N2O2. The second-order valence-electron chi connectivity index (χ2n) is 5.33. The third-order valence-corrected chi connectivity index (χ3v) is 4.05. The zero-order valence-corrected chi connectivity index (χ0v) is 11.4. The number of hydrogen-bond donors (Lipinski definition) is 2. The van der Waals surface area contributed by atoms with Crippen LogP contribution in [0.1, 0.15) is 48.9 Å². The lowest BCUT2D eigenvalue weighted by atomic mass is 10.1. The molecule has 0 aliphatic heterocycles. The van der Waals surface area contributed by atoms with Gasteiger partial charge in [0.05, 0.1) is 5.56 Å². The van der Waals surface area contributed by atoms with E-state index in [-0.39, 0.29) is 5.56 Å². The lowest BCUT2D eigenvalue weighted by Gasteiger charge is -2.29. The normalized spacial score (nSPS) is 16.9. The molecule has 0 amide bonds. The number of nitrogens with zero attached hydrogens (tertiary/aromatic N) is 1. The van der Waals surface area contributed by atoms with Gasteiger partial charge in [0, 0.05) is 24.5 Å². The summed E-state index contributed by atoms with van der Waals surface area (Å²) in [5.74, 6) is -0.971. The summed E-state index contributed by atoms with van der Waals surface area (Å²) in [5.41, 5.74) is 7.34. The number of benzene rings is 1. The highest BCUT2D eigenvalue weighted by Crippen LogP contribution is 2.27. The maximum absolute atomic E-state index is 11.0. The average molecular weight is 262 g/mol. The minimum Gasteiger partial charge on any atom is -0.478 e. The van der Waals surface area contributed by atoms with E-state index in [1.165, 1.54) is 38.5 Å². The van der Waals surface area contributed by atoms with Gasteiger partial charge in [-0.25, -0.2) is 4.79 Å². The Labute approximate surface area is 114 Å². The lowest BCUT2D eigenvalue weighted by Crippen LogP contribution is -2.31. The molecule has 104 valence electrons. The molecule has 0 unspecified atom stereocenters. The van der Waals surface area contributed by atoms with Crippen LogP contribution in [-0.2, 0) is 0 Å². The van der Waals surface area contributed by atoms with Gasteiger partial charge in [-0.15, -0.1) is 0 Å². The molecule has 1 aromatic rings. The van der Waals surface area contributed by atoms with Crippen molar-refractivity contribution in [1.29, 1.82) is 0 Å². The molecular weight excluding hydrogens is 240 g/mol. The first-order valence-corrected chi connectivity index (χ1v) is 6.95. The molecule has 1 aliphatic rings. The summed E-state index contributed by atoms with van der Waals surface area (Å²) in [6, 6.07) is 5.76. The van der Waals surface area contributed by atoms with Crippen molar-refractivity contribution in [1.82, 2.24) is 0 Å². The van der Waals surface area contributed by atoms with Gasteiger partial charge < -0.3 is 15.7 Å². The molecule has 4 heteroatoms. The first kappa shape index (κ1) is 13.7. The monoisotopic (exact) mass is 262 g/mol. The van der Waals surface area contributed by atoms with Crippen molar-refractivity contribution in [3.8, 4) is 0 Å². The Kier molecular flexibility index (Phi) is 4.30. The molecule has 19 heavy (non-hydrogen) atoms. The number of nitrogens with two attached hydrogens (primary N) is 1. The van der Waals surface area contributed by atoms with Crippen LogP contribution in [0.2, 0.25) is 0 Å². The highest BCUT2D eigenvalue weighted by atomic mass is 16.4. The Bertz CT molecular complexity index is 451. The number of carboxylic acid groups (broad SMARTS) is 1. The molecule has 0 radical (unpaired) electrons. The molecule has 0 spiro atoms. The zero-order valence-electron chi connectivity index (χ0n) is 11.4. The largest absolute Gasteiger partial charge is 0.478 e. The first-order valence-electron chi connectivity index (χ1n) is 6.95. The zero-order chi connectivity index (χ0) is 13.8. The summed E-state index contributed by atoms with van der Waals surface area (Å²) in [7, 11) is 2.07. The van der Waals surface area contributed by atoms with Gasteiger partial charge in [-0.3, -0.25) is 0 Å². The van der Waals surface area contributed by atoms with E-state index in [1.54, 1.807) is 12.1 Å². The summed E-state index contributed by atoms with van der Waals surface area (Å²) in [6.45, 7) is 0. The Morgan fingerprint density at radius 1 is 1.26 bits per heavy atom. The van der Waals surface area contributed by atoms with Crippen LogP contribution in [0.4, 0.5) is 11.4 Å². The minimum atomic E-state index is -0.971. The summed E-state index contributed by atoms with van der Waals surface area (Å²) >= 11 is 0. The van der Waals surface area contributed by atoms with Crippen LogP contribution in [0.15, 0.2) is 18.2 Å². The number of anilines is 2. The van der Waals surface area contributed by atoms with Crippen molar-refractivity contribution in [2.75, 3.05) is 17.7 Å². The highest BCUT2D eigenvalue weighted by Gasteiger charge is 2.18. The van der Waals surface area contributed by atoms with Gasteiger partial charge in [0.25, 0.3) is 0 Å². The van der Waals surface area contributed by atoms with E-state index in [0.29, 0.717) is 11.7 Å². The minimum absolute atomic E-state index is 0.179. The Hall–Kier alpha value is -1.71. The Balaban J connectivity index is 2.16. The molecule has 0 saturated heterocycles. The van der Waals surface area contributed by atoms with Gasteiger partial charge in [0.1, 0.15) is 0 Å².